The summed E-state index contributed by atoms with van der Waals surface area (Å²) in [5, 5.41) is 18.3. The van der Waals surface area contributed by atoms with Crippen LogP contribution >= 0.6 is 10.3 Å². The number of hydrogen-bond donors (Lipinski definition) is 2. The van der Waals surface area contributed by atoms with Crippen LogP contribution in [0, 0.1) is 0 Å². The topological polar surface area (TPSA) is 118 Å². The van der Waals surface area contributed by atoms with Gasteiger partial charge in [-0.2, -0.15) is 21.6 Å². The molecule has 0 radical (unpaired) electrons. The summed E-state index contributed by atoms with van der Waals surface area (Å²) in [6.45, 7) is -1.30. The van der Waals surface area contributed by atoms with E-state index in [0.29, 0.717) is 5.56 Å². The van der Waals surface area contributed by atoms with Gasteiger partial charge < -0.3 is 10.2 Å². The van der Waals surface area contributed by atoms with Gasteiger partial charge in [0.15, 0.2) is 9.84 Å². The lowest BCUT2D eigenvalue weighted by atomic mass is 10.2. The molecule has 0 aliphatic rings. The van der Waals surface area contributed by atoms with E-state index in [-0.39, 0.29) is 10.6 Å². The zero-order valence-corrected chi connectivity index (χ0v) is 16.1. The second kappa shape index (κ2) is 8.44. The molecule has 1 aromatic carbocycles. The molecule has 0 aromatic heterocycles. The van der Waals surface area contributed by atoms with Crippen molar-refractivity contribution in [2.75, 3.05) is 31.0 Å². The van der Waals surface area contributed by atoms with E-state index in [4.69, 9.17) is 10.2 Å². The molecule has 1 rings (SSSR count). The van der Waals surface area contributed by atoms with E-state index in [9.17, 15) is 30.0 Å². The monoisotopic (exact) mass is 440 g/mol. The Morgan fingerprint density at radius 3 is 1.77 bits per heavy atom. The quantitative estimate of drug-likeness (QED) is 0.553. The van der Waals surface area contributed by atoms with E-state index in [0.717, 1.165) is 6.26 Å². The summed E-state index contributed by atoms with van der Waals surface area (Å²) < 4.78 is 88.2. The molecule has 0 bridgehead atoms. The molecular weight excluding hydrogens is 421 g/mol. The van der Waals surface area contributed by atoms with Crippen LogP contribution in [0.4, 0.5) is 13.2 Å². The number of aliphatic hydroxyl groups is 2. The third-order valence-electron chi connectivity index (χ3n) is 3.23. The average molecular weight is 440 g/mol. The third-order valence-corrected chi connectivity index (χ3v) is 9.50. The lowest BCUT2D eigenvalue weighted by molar-refractivity contribution is -0.0496. The average Bonchev–Trinajstić information content (AvgIpc) is 2.45. The first-order chi connectivity index (χ1) is 11.8. The van der Waals surface area contributed by atoms with Crippen LogP contribution in [0.5, 0.6) is 0 Å². The second-order valence-corrected chi connectivity index (χ2v) is 12.3. The van der Waals surface area contributed by atoms with Crippen molar-refractivity contribution >= 4 is 30.3 Å². The van der Waals surface area contributed by atoms with Crippen molar-refractivity contribution in [1.29, 1.82) is 0 Å². The molecule has 7 nitrogen and oxygen atoms in total. The highest BCUT2D eigenvalue weighted by Crippen LogP contribution is 2.54. The van der Waals surface area contributed by atoms with Crippen LogP contribution in [-0.2, 0) is 29.3 Å². The van der Waals surface area contributed by atoms with Crippen molar-refractivity contribution in [3.05, 3.63) is 29.8 Å². The highest BCUT2D eigenvalue weighted by molar-refractivity contribution is 8.32. The Kier molecular flexibility index (Phi) is 7.52. The number of alkyl halides is 3. The highest BCUT2D eigenvalue weighted by atomic mass is 32.3. The van der Waals surface area contributed by atoms with Crippen molar-refractivity contribution in [3.8, 4) is 0 Å². The Morgan fingerprint density at radius 1 is 0.962 bits per heavy atom. The van der Waals surface area contributed by atoms with Gasteiger partial charge in [0.05, 0.1) is 18.1 Å². The zero-order chi connectivity index (χ0) is 20.2. The maximum Gasteiger partial charge on any atom is 0.523 e. The summed E-state index contributed by atoms with van der Waals surface area (Å²) in [7, 11) is -12.5. The molecule has 13 heteroatoms. The first-order valence-corrected chi connectivity index (χ1v) is 12.4. The lowest BCUT2D eigenvalue weighted by Crippen LogP contribution is -2.30. The fraction of sp³-hybridized carbons (Fsp3) is 0.538. The second-order valence-electron chi connectivity index (χ2n) is 5.35. The Balaban J connectivity index is 3.25. The Bertz CT molecular complexity index is 796. The van der Waals surface area contributed by atoms with E-state index >= 15 is 0 Å². The molecule has 0 aliphatic carbocycles. The SMILES string of the molecule is CS(=O)(=O)c1ccc(CS(CCO)(CCO)OS(=O)(=O)C(F)(F)F)cc1. The smallest absolute Gasteiger partial charge is 0.395 e. The number of rotatable bonds is 9. The molecular formula is C13H19F3O7S3. The van der Waals surface area contributed by atoms with Gasteiger partial charge in [-0.05, 0) is 17.7 Å². The molecule has 0 aliphatic heterocycles. The predicted molar refractivity (Wildman–Crippen MR) is 90.8 cm³/mol. The van der Waals surface area contributed by atoms with E-state index in [1.54, 1.807) is 0 Å². The minimum atomic E-state index is -5.93. The number of sulfone groups is 1. The van der Waals surface area contributed by atoms with Gasteiger partial charge in [0.2, 0.25) is 0 Å². The maximum atomic E-state index is 12.7. The maximum absolute atomic E-state index is 12.7. The van der Waals surface area contributed by atoms with Crippen LogP contribution in [0.25, 0.3) is 0 Å². The first-order valence-electron chi connectivity index (χ1n) is 7.06. The molecule has 0 saturated carbocycles. The molecule has 1 aromatic rings. The van der Waals surface area contributed by atoms with E-state index < -0.39 is 60.5 Å². The van der Waals surface area contributed by atoms with Crippen LogP contribution in [0.3, 0.4) is 0 Å². The van der Waals surface area contributed by atoms with Gasteiger partial charge in [0.25, 0.3) is 0 Å². The van der Waals surface area contributed by atoms with Crippen molar-refractivity contribution in [2.45, 2.75) is 16.2 Å². The summed E-state index contributed by atoms with van der Waals surface area (Å²) in [4.78, 5) is -0.0185. The van der Waals surface area contributed by atoms with Crippen molar-refractivity contribution in [1.82, 2.24) is 0 Å². The number of halogens is 3. The summed E-state index contributed by atoms with van der Waals surface area (Å²) >= 11 is 0. The van der Waals surface area contributed by atoms with E-state index in [2.05, 4.69) is 3.63 Å². The summed E-state index contributed by atoms with van der Waals surface area (Å²) in [5.74, 6) is -1.12. The fourth-order valence-corrected chi connectivity index (χ4v) is 7.19. The number of hydrogen-bond acceptors (Lipinski definition) is 7. The van der Waals surface area contributed by atoms with E-state index in [1.165, 1.54) is 24.3 Å². The van der Waals surface area contributed by atoms with Crippen molar-refractivity contribution in [2.24, 2.45) is 0 Å². The zero-order valence-electron chi connectivity index (χ0n) is 13.6. The molecule has 0 amide bonds. The molecule has 0 atom stereocenters. The van der Waals surface area contributed by atoms with Crippen LogP contribution in [-0.4, -0.2) is 63.5 Å². The molecule has 0 spiro atoms. The number of aliphatic hydroxyl groups excluding tert-OH is 2. The van der Waals surface area contributed by atoms with Gasteiger partial charge in [0.1, 0.15) is 0 Å². The van der Waals surface area contributed by atoms with Gasteiger partial charge in [-0.3, -0.25) is 0 Å². The minimum absolute atomic E-state index is 0.0185. The third kappa shape index (κ3) is 6.09. The normalized spacial score (nSPS) is 14.4. The van der Waals surface area contributed by atoms with Gasteiger partial charge in [-0.1, -0.05) is 12.1 Å². The van der Waals surface area contributed by atoms with Crippen molar-refractivity contribution < 1.29 is 43.8 Å². The van der Waals surface area contributed by atoms with Gasteiger partial charge in [0, 0.05) is 23.5 Å². The van der Waals surface area contributed by atoms with Crippen molar-refractivity contribution in [3.63, 3.8) is 0 Å². The van der Waals surface area contributed by atoms with Crippen LogP contribution in [0.15, 0.2) is 29.2 Å². The van der Waals surface area contributed by atoms with Gasteiger partial charge in [-0.25, -0.2) is 12.0 Å². The summed E-state index contributed by atoms with van der Waals surface area (Å²) in [6, 6.07) is 5.09. The lowest BCUT2D eigenvalue weighted by Gasteiger charge is -2.37. The molecule has 2 N–H and O–H groups in total. The van der Waals surface area contributed by atoms with Gasteiger partial charge in [-0.15, -0.1) is 10.3 Å². The molecule has 0 heterocycles. The highest BCUT2D eigenvalue weighted by Gasteiger charge is 2.50. The Labute approximate surface area is 151 Å². The summed E-state index contributed by atoms with van der Waals surface area (Å²) in [5.41, 5.74) is -5.33. The molecule has 0 fully saturated rings. The first kappa shape index (κ1) is 23.2. The predicted octanol–water partition coefficient (Wildman–Crippen LogP) is 1.16. The van der Waals surface area contributed by atoms with Crippen LogP contribution in [0.2, 0.25) is 0 Å². The molecule has 26 heavy (non-hydrogen) atoms. The Hall–Kier alpha value is -0.860. The summed E-state index contributed by atoms with van der Waals surface area (Å²) in [6.07, 6.45) is 0.980. The molecule has 0 saturated heterocycles. The standard InChI is InChI=1S/C13H19F3O7S3/c1-24(19,20)12-4-2-11(3-5-12)10-25(8-6-17,9-7-18)23-26(21,22)13(14,15)16/h2-5,17-18H,6-10H2,1H3. The van der Waals surface area contributed by atoms with Gasteiger partial charge >= 0.3 is 15.6 Å². The number of benzene rings is 1. The van der Waals surface area contributed by atoms with Crippen LogP contribution in [0.1, 0.15) is 5.56 Å². The Morgan fingerprint density at radius 2 is 1.42 bits per heavy atom. The van der Waals surface area contributed by atoms with Crippen LogP contribution < -0.4 is 0 Å². The largest absolute Gasteiger partial charge is 0.523 e. The molecule has 0 unspecified atom stereocenters. The minimum Gasteiger partial charge on any atom is -0.395 e. The molecule has 152 valence electrons. The fourth-order valence-electron chi connectivity index (χ4n) is 2.04. The van der Waals surface area contributed by atoms with E-state index in [1.807, 2.05) is 0 Å².